The number of rotatable bonds is 1. The SMILES string of the molecule is N#Cc1cccc(-c2ccc(O)c3ncccc23)c1. The molecular formula is C16H10N2O. The third-order valence-corrected chi connectivity index (χ3v) is 3.05. The molecule has 3 rings (SSSR count). The Hall–Kier alpha value is -2.86. The van der Waals surface area contributed by atoms with Gasteiger partial charge < -0.3 is 5.11 Å². The zero-order valence-electron chi connectivity index (χ0n) is 10.0. The highest BCUT2D eigenvalue weighted by Gasteiger charge is 2.08. The maximum absolute atomic E-state index is 9.83. The van der Waals surface area contributed by atoms with E-state index in [2.05, 4.69) is 11.1 Å². The number of benzene rings is 2. The highest BCUT2D eigenvalue weighted by Crippen LogP contribution is 2.32. The zero-order valence-corrected chi connectivity index (χ0v) is 10.0. The van der Waals surface area contributed by atoms with E-state index in [1.165, 1.54) is 0 Å². The highest BCUT2D eigenvalue weighted by molar-refractivity contribution is 5.97. The van der Waals surface area contributed by atoms with Crippen molar-refractivity contribution < 1.29 is 5.11 Å². The molecule has 0 fully saturated rings. The molecule has 1 heterocycles. The van der Waals surface area contributed by atoms with E-state index in [4.69, 9.17) is 5.26 Å². The molecule has 1 N–H and O–H groups in total. The molecule has 0 aliphatic rings. The molecular weight excluding hydrogens is 236 g/mol. The Labute approximate surface area is 110 Å². The first kappa shape index (κ1) is 11.2. The van der Waals surface area contributed by atoms with Crippen LogP contribution in [-0.4, -0.2) is 10.1 Å². The summed E-state index contributed by atoms with van der Waals surface area (Å²) in [6.45, 7) is 0. The maximum atomic E-state index is 9.83. The van der Waals surface area contributed by atoms with E-state index in [1.54, 1.807) is 18.3 Å². The molecule has 0 aliphatic heterocycles. The molecule has 2 aromatic carbocycles. The normalized spacial score (nSPS) is 10.3. The molecule has 0 spiro atoms. The summed E-state index contributed by atoms with van der Waals surface area (Å²) in [5.41, 5.74) is 3.08. The van der Waals surface area contributed by atoms with Crippen molar-refractivity contribution in [3.8, 4) is 22.9 Å². The lowest BCUT2D eigenvalue weighted by Gasteiger charge is -2.07. The van der Waals surface area contributed by atoms with Crippen molar-refractivity contribution in [2.75, 3.05) is 0 Å². The maximum Gasteiger partial charge on any atom is 0.141 e. The first-order valence-electron chi connectivity index (χ1n) is 5.87. The lowest BCUT2D eigenvalue weighted by Crippen LogP contribution is -1.85. The Morgan fingerprint density at radius 2 is 1.95 bits per heavy atom. The van der Waals surface area contributed by atoms with Crippen molar-refractivity contribution in [3.05, 3.63) is 60.3 Å². The Morgan fingerprint density at radius 1 is 1.05 bits per heavy atom. The number of fused-ring (bicyclic) bond motifs is 1. The molecule has 0 saturated heterocycles. The first-order chi connectivity index (χ1) is 9.29. The van der Waals surface area contributed by atoms with Gasteiger partial charge in [-0.2, -0.15) is 5.26 Å². The summed E-state index contributed by atoms with van der Waals surface area (Å²) >= 11 is 0. The fourth-order valence-electron chi connectivity index (χ4n) is 2.17. The van der Waals surface area contributed by atoms with Gasteiger partial charge in [-0.05, 0) is 41.5 Å². The summed E-state index contributed by atoms with van der Waals surface area (Å²) in [6.07, 6.45) is 1.65. The molecule has 3 heteroatoms. The largest absolute Gasteiger partial charge is 0.506 e. The Bertz CT molecular complexity index is 803. The quantitative estimate of drug-likeness (QED) is 0.715. The highest BCUT2D eigenvalue weighted by atomic mass is 16.3. The van der Waals surface area contributed by atoms with Gasteiger partial charge in [0.15, 0.2) is 0 Å². The zero-order chi connectivity index (χ0) is 13.2. The van der Waals surface area contributed by atoms with Gasteiger partial charge in [-0.25, -0.2) is 0 Å². The van der Waals surface area contributed by atoms with Gasteiger partial charge in [-0.3, -0.25) is 4.98 Å². The van der Waals surface area contributed by atoms with E-state index >= 15 is 0 Å². The van der Waals surface area contributed by atoms with Crippen LogP contribution >= 0.6 is 0 Å². The van der Waals surface area contributed by atoms with E-state index in [0.29, 0.717) is 11.1 Å². The van der Waals surface area contributed by atoms with Gasteiger partial charge in [-0.15, -0.1) is 0 Å². The van der Waals surface area contributed by atoms with Crippen LogP contribution < -0.4 is 0 Å². The predicted molar refractivity (Wildman–Crippen MR) is 73.6 cm³/mol. The molecule has 0 radical (unpaired) electrons. The Kier molecular flexibility index (Phi) is 2.62. The minimum absolute atomic E-state index is 0.163. The molecule has 1 aromatic heterocycles. The average Bonchev–Trinajstić information content (AvgIpc) is 2.48. The molecule has 0 atom stereocenters. The van der Waals surface area contributed by atoms with Gasteiger partial charge in [0.25, 0.3) is 0 Å². The minimum Gasteiger partial charge on any atom is -0.506 e. The second kappa shape index (κ2) is 4.43. The van der Waals surface area contributed by atoms with Crippen molar-refractivity contribution in [2.24, 2.45) is 0 Å². The summed E-state index contributed by atoms with van der Waals surface area (Å²) in [5.74, 6) is 0.163. The Balaban J connectivity index is 2.31. The summed E-state index contributed by atoms with van der Waals surface area (Å²) in [4.78, 5) is 4.19. The van der Waals surface area contributed by atoms with Gasteiger partial charge in [0, 0.05) is 11.6 Å². The summed E-state index contributed by atoms with van der Waals surface area (Å²) in [6, 6.07) is 16.7. The number of aromatic nitrogens is 1. The lowest BCUT2D eigenvalue weighted by molar-refractivity contribution is 0.480. The lowest BCUT2D eigenvalue weighted by atomic mass is 9.99. The molecule has 0 aliphatic carbocycles. The average molecular weight is 246 g/mol. The second-order valence-corrected chi connectivity index (χ2v) is 4.22. The van der Waals surface area contributed by atoms with Crippen LogP contribution in [0.3, 0.4) is 0 Å². The van der Waals surface area contributed by atoms with Crippen LogP contribution in [0.4, 0.5) is 0 Å². The molecule has 0 bridgehead atoms. The van der Waals surface area contributed by atoms with Gasteiger partial charge in [0.2, 0.25) is 0 Å². The topological polar surface area (TPSA) is 56.9 Å². The van der Waals surface area contributed by atoms with Gasteiger partial charge in [0.05, 0.1) is 11.6 Å². The van der Waals surface area contributed by atoms with E-state index in [9.17, 15) is 5.11 Å². The monoisotopic (exact) mass is 246 g/mol. The van der Waals surface area contributed by atoms with Gasteiger partial charge in [0.1, 0.15) is 11.3 Å². The van der Waals surface area contributed by atoms with Crippen LogP contribution in [0.2, 0.25) is 0 Å². The fraction of sp³-hybridized carbons (Fsp3) is 0. The van der Waals surface area contributed by atoms with E-state index in [1.807, 2.05) is 36.4 Å². The number of nitrogens with zero attached hydrogens (tertiary/aromatic N) is 2. The van der Waals surface area contributed by atoms with Crippen molar-refractivity contribution in [1.29, 1.82) is 5.26 Å². The smallest absolute Gasteiger partial charge is 0.141 e. The number of pyridine rings is 1. The van der Waals surface area contributed by atoms with E-state index < -0.39 is 0 Å². The van der Waals surface area contributed by atoms with E-state index in [0.717, 1.165) is 16.5 Å². The van der Waals surface area contributed by atoms with Crippen LogP contribution in [0.5, 0.6) is 5.75 Å². The van der Waals surface area contributed by atoms with Crippen molar-refractivity contribution >= 4 is 10.9 Å². The number of hydrogen-bond donors (Lipinski definition) is 1. The summed E-state index contributed by atoms with van der Waals surface area (Å²) < 4.78 is 0. The molecule has 0 unspecified atom stereocenters. The van der Waals surface area contributed by atoms with Crippen LogP contribution in [0.25, 0.3) is 22.0 Å². The van der Waals surface area contributed by atoms with Crippen LogP contribution in [0.15, 0.2) is 54.7 Å². The number of nitriles is 1. The van der Waals surface area contributed by atoms with Crippen LogP contribution in [0.1, 0.15) is 5.56 Å². The number of hydrogen-bond acceptors (Lipinski definition) is 3. The number of phenolic OH excluding ortho intramolecular Hbond substituents is 1. The number of aromatic hydroxyl groups is 1. The molecule has 3 aromatic rings. The van der Waals surface area contributed by atoms with Crippen LogP contribution in [0, 0.1) is 11.3 Å². The molecule has 3 nitrogen and oxygen atoms in total. The molecule has 0 amide bonds. The molecule has 19 heavy (non-hydrogen) atoms. The Morgan fingerprint density at radius 3 is 2.79 bits per heavy atom. The van der Waals surface area contributed by atoms with Crippen molar-refractivity contribution in [2.45, 2.75) is 0 Å². The first-order valence-corrected chi connectivity index (χ1v) is 5.87. The summed E-state index contributed by atoms with van der Waals surface area (Å²) in [7, 11) is 0. The van der Waals surface area contributed by atoms with Gasteiger partial charge in [-0.1, -0.05) is 18.2 Å². The standard InChI is InChI=1S/C16H10N2O/c17-10-11-3-1-4-12(9-11)13-6-7-15(19)16-14(13)5-2-8-18-16/h1-9,19H. The minimum atomic E-state index is 0.163. The van der Waals surface area contributed by atoms with Crippen LogP contribution in [-0.2, 0) is 0 Å². The van der Waals surface area contributed by atoms with E-state index in [-0.39, 0.29) is 5.75 Å². The van der Waals surface area contributed by atoms with Crippen molar-refractivity contribution in [1.82, 2.24) is 4.98 Å². The van der Waals surface area contributed by atoms with Crippen molar-refractivity contribution in [3.63, 3.8) is 0 Å². The third kappa shape index (κ3) is 1.90. The molecule has 0 saturated carbocycles. The fourth-order valence-corrected chi connectivity index (χ4v) is 2.17. The predicted octanol–water partition coefficient (Wildman–Crippen LogP) is 3.48. The second-order valence-electron chi connectivity index (χ2n) is 4.22. The third-order valence-electron chi connectivity index (χ3n) is 3.05. The van der Waals surface area contributed by atoms with Gasteiger partial charge >= 0.3 is 0 Å². The molecule has 90 valence electrons. The summed E-state index contributed by atoms with van der Waals surface area (Å²) in [5, 5.41) is 19.7. The number of phenols is 1.